The van der Waals surface area contributed by atoms with Crippen LogP contribution < -0.4 is 20.1 Å². The van der Waals surface area contributed by atoms with E-state index in [1.807, 2.05) is 18.2 Å². The van der Waals surface area contributed by atoms with Crippen LogP contribution in [0.15, 0.2) is 18.2 Å². The molecule has 0 radical (unpaired) electrons. The Morgan fingerprint density at radius 2 is 1.85 bits per heavy atom. The molecule has 3 rings (SSSR count). The van der Waals surface area contributed by atoms with Crippen LogP contribution in [0.1, 0.15) is 12.0 Å². The zero-order chi connectivity index (χ0) is 19.1. The molecule has 0 atom stereocenters. The monoisotopic (exact) mass is 376 g/mol. The maximum atomic E-state index is 12.2. The smallest absolute Gasteiger partial charge is 0.311 e. The van der Waals surface area contributed by atoms with Crippen LogP contribution in [0, 0.1) is 0 Å². The third-order valence-corrected chi connectivity index (χ3v) is 4.56. The fourth-order valence-electron chi connectivity index (χ4n) is 3.08. The lowest BCUT2D eigenvalue weighted by Gasteiger charge is -2.34. The first-order valence-corrected chi connectivity index (χ1v) is 9.02. The van der Waals surface area contributed by atoms with Crippen molar-refractivity contribution < 1.29 is 23.9 Å². The fourth-order valence-corrected chi connectivity index (χ4v) is 3.08. The molecule has 2 aliphatic heterocycles. The predicted octanol–water partition coefficient (Wildman–Crippen LogP) is -0.688. The maximum Gasteiger partial charge on any atom is 0.311 e. The highest BCUT2D eigenvalue weighted by Gasteiger charge is 2.26. The summed E-state index contributed by atoms with van der Waals surface area (Å²) in [6.45, 7) is 4.29. The lowest BCUT2D eigenvalue weighted by atomic mass is 10.1. The van der Waals surface area contributed by atoms with Gasteiger partial charge in [-0.25, -0.2) is 0 Å². The first kappa shape index (κ1) is 19.0. The molecule has 0 saturated carbocycles. The van der Waals surface area contributed by atoms with Crippen molar-refractivity contribution in [3.63, 3.8) is 0 Å². The van der Waals surface area contributed by atoms with E-state index in [1.54, 1.807) is 4.90 Å². The van der Waals surface area contributed by atoms with E-state index in [0.29, 0.717) is 52.1 Å². The predicted molar refractivity (Wildman–Crippen MR) is 96.1 cm³/mol. The zero-order valence-corrected chi connectivity index (χ0v) is 15.1. The molecule has 2 aliphatic rings. The quantitative estimate of drug-likeness (QED) is 0.371. The van der Waals surface area contributed by atoms with Gasteiger partial charge in [-0.3, -0.25) is 19.3 Å². The Morgan fingerprint density at radius 1 is 1.07 bits per heavy atom. The van der Waals surface area contributed by atoms with Gasteiger partial charge in [-0.2, -0.15) is 0 Å². The minimum Gasteiger partial charge on any atom is -0.454 e. The summed E-state index contributed by atoms with van der Waals surface area (Å²) in [7, 11) is 0. The van der Waals surface area contributed by atoms with Crippen LogP contribution in [0.3, 0.4) is 0 Å². The van der Waals surface area contributed by atoms with Crippen molar-refractivity contribution in [1.29, 1.82) is 0 Å². The van der Waals surface area contributed by atoms with Crippen LogP contribution in [0.4, 0.5) is 0 Å². The normalized spacial score (nSPS) is 16.1. The Kier molecular flexibility index (Phi) is 6.48. The molecule has 2 heterocycles. The maximum absolute atomic E-state index is 12.2. The summed E-state index contributed by atoms with van der Waals surface area (Å²) in [6.07, 6.45) is 1.19. The second-order valence-corrected chi connectivity index (χ2v) is 6.44. The third kappa shape index (κ3) is 5.10. The fraction of sp³-hybridized carbons (Fsp3) is 0.500. The Labute approximate surface area is 157 Å². The first-order chi connectivity index (χ1) is 13.2. The topological polar surface area (TPSA) is 100 Å². The number of nitrogens with zero attached hydrogens (tertiary/aromatic N) is 2. The summed E-state index contributed by atoms with van der Waals surface area (Å²) in [5, 5.41) is 5.09. The van der Waals surface area contributed by atoms with Gasteiger partial charge < -0.3 is 25.0 Å². The van der Waals surface area contributed by atoms with Gasteiger partial charge in [-0.1, -0.05) is 6.07 Å². The molecule has 9 heteroatoms. The lowest BCUT2D eigenvalue weighted by molar-refractivity contribution is -0.147. The van der Waals surface area contributed by atoms with Crippen LogP contribution in [-0.4, -0.2) is 74.1 Å². The molecular weight excluding hydrogens is 352 g/mol. The molecule has 9 nitrogen and oxygen atoms in total. The molecule has 0 aromatic heterocycles. The Balaban J connectivity index is 1.39. The van der Waals surface area contributed by atoms with E-state index in [2.05, 4.69) is 15.5 Å². The number of fused-ring (bicyclic) bond motifs is 1. The van der Waals surface area contributed by atoms with E-state index >= 15 is 0 Å². The number of ether oxygens (including phenoxy) is 2. The molecule has 0 aliphatic carbocycles. The van der Waals surface area contributed by atoms with Crippen LogP contribution in [-0.2, 0) is 20.9 Å². The molecule has 27 heavy (non-hydrogen) atoms. The summed E-state index contributed by atoms with van der Waals surface area (Å²) in [5.41, 5.74) is 1.13. The SMILES string of the molecule is O=CNCCCNC(=O)C(=O)N1CCN(Cc2ccc3c(c2)OCO3)CC1. The van der Waals surface area contributed by atoms with Crippen molar-refractivity contribution in [2.45, 2.75) is 13.0 Å². The van der Waals surface area contributed by atoms with Gasteiger partial charge in [0.15, 0.2) is 11.5 Å². The summed E-state index contributed by atoms with van der Waals surface area (Å²) < 4.78 is 10.7. The van der Waals surface area contributed by atoms with Crippen molar-refractivity contribution in [2.24, 2.45) is 0 Å². The highest BCUT2D eigenvalue weighted by molar-refractivity contribution is 6.35. The van der Waals surface area contributed by atoms with Gasteiger partial charge in [0.05, 0.1) is 0 Å². The molecule has 1 aromatic carbocycles. The number of hydrogen-bond donors (Lipinski definition) is 2. The molecule has 0 spiro atoms. The van der Waals surface area contributed by atoms with Crippen molar-refractivity contribution in [3.05, 3.63) is 23.8 Å². The largest absolute Gasteiger partial charge is 0.454 e. The molecule has 3 amide bonds. The molecule has 1 aromatic rings. The molecule has 1 saturated heterocycles. The average Bonchev–Trinajstić information content (AvgIpc) is 3.15. The highest BCUT2D eigenvalue weighted by atomic mass is 16.7. The average molecular weight is 376 g/mol. The molecule has 2 N–H and O–H groups in total. The van der Waals surface area contributed by atoms with Crippen LogP contribution in [0.2, 0.25) is 0 Å². The van der Waals surface area contributed by atoms with E-state index in [-0.39, 0.29) is 6.79 Å². The zero-order valence-electron chi connectivity index (χ0n) is 15.1. The van der Waals surface area contributed by atoms with E-state index in [9.17, 15) is 14.4 Å². The van der Waals surface area contributed by atoms with Crippen LogP contribution in [0.25, 0.3) is 0 Å². The third-order valence-electron chi connectivity index (χ3n) is 4.56. The van der Waals surface area contributed by atoms with Crippen LogP contribution >= 0.6 is 0 Å². The summed E-state index contributed by atoms with van der Waals surface area (Å²) in [4.78, 5) is 38.1. The first-order valence-electron chi connectivity index (χ1n) is 9.02. The molecule has 146 valence electrons. The number of rotatable bonds is 7. The van der Waals surface area contributed by atoms with Gasteiger partial charge in [-0.05, 0) is 24.1 Å². The number of hydrogen-bond acceptors (Lipinski definition) is 6. The minimum atomic E-state index is -0.592. The standard InChI is InChI=1S/C18H24N4O5/c23-12-19-4-1-5-20-17(24)18(25)22-8-6-21(7-9-22)11-14-2-3-15-16(10-14)27-13-26-15/h2-3,10,12H,1,4-9,11,13H2,(H,19,23)(H,20,24). The Morgan fingerprint density at radius 3 is 2.63 bits per heavy atom. The number of nitrogens with one attached hydrogen (secondary N) is 2. The van der Waals surface area contributed by atoms with Crippen molar-refractivity contribution in [3.8, 4) is 11.5 Å². The van der Waals surface area contributed by atoms with E-state index < -0.39 is 11.8 Å². The Bertz CT molecular complexity index is 688. The lowest BCUT2D eigenvalue weighted by Crippen LogP contribution is -2.52. The molecule has 0 bridgehead atoms. The van der Waals surface area contributed by atoms with E-state index in [4.69, 9.17) is 9.47 Å². The molecular formula is C18H24N4O5. The second kappa shape index (κ2) is 9.22. The number of carbonyl (C=O) groups is 3. The second-order valence-electron chi connectivity index (χ2n) is 6.44. The van der Waals surface area contributed by atoms with E-state index in [0.717, 1.165) is 23.6 Å². The molecule has 0 unspecified atom stereocenters. The van der Waals surface area contributed by atoms with Gasteiger partial charge in [-0.15, -0.1) is 0 Å². The van der Waals surface area contributed by atoms with Gasteiger partial charge in [0.25, 0.3) is 0 Å². The van der Waals surface area contributed by atoms with Crippen molar-refractivity contribution >= 4 is 18.2 Å². The van der Waals surface area contributed by atoms with Gasteiger partial charge in [0.1, 0.15) is 0 Å². The van der Waals surface area contributed by atoms with Crippen LogP contribution in [0.5, 0.6) is 11.5 Å². The number of carbonyl (C=O) groups excluding carboxylic acids is 3. The molecule has 1 fully saturated rings. The Hall–Kier alpha value is -2.81. The number of benzene rings is 1. The summed E-state index contributed by atoms with van der Waals surface area (Å²) in [5.74, 6) is 0.440. The van der Waals surface area contributed by atoms with Gasteiger partial charge in [0, 0.05) is 45.8 Å². The van der Waals surface area contributed by atoms with Gasteiger partial charge in [0.2, 0.25) is 13.2 Å². The summed E-state index contributed by atoms with van der Waals surface area (Å²) >= 11 is 0. The number of amides is 3. The summed E-state index contributed by atoms with van der Waals surface area (Å²) in [6, 6.07) is 5.90. The highest BCUT2D eigenvalue weighted by Crippen LogP contribution is 2.32. The number of piperazine rings is 1. The van der Waals surface area contributed by atoms with Crippen molar-refractivity contribution in [1.82, 2.24) is 20.4 Å². The van der Waals surface area contributed by atoms with Crippen molar-refractivity contribution in [2.75, 3.05) is 46.1 Å². The van der Waals surface area contributed by atoms with Gasteiger partial charge >= 0.3 is 11.8 Å². The minimum absolute atomic E-state index is 0.259. The van der Waals surface area contributed by atoms with E-state index in [1.165, 1.54) is 0 Å².